The second-order valence-corrected chi connectivity index (χ2v) is 13.8. The molecule has 47 heavy (non-hydrogen) atoms. The first kappa shape index (κ1) is 32.7. The van der Waals surface area contributed by atoms with Gasteiger partial charge in [0.05, 0.1) is 12.8 Å². The molecular weight excluding hydrogens is 650 g/mol. The number of sulfonamides is 1. The van der Waals surface area contributed by atoms with Crippen LogP contribution in [0.4, 0.5) is 20.2 Å². The number of carbonyl (C=O) groups is 1. The number of amides is 1. The minimum absolute atomic E-state index is 0.0429. The fourth-order valence-corrected chi connectivity index (χ4v) is 6.45. The van der Waals surface area contributed by atoms with Crippen LogP contribution in [0.5, 0.6) is 11.5 Å². The van der Waals surface area contributed by atoms with Gasteiger partial charge in [-0.1, -0.05) is 18.2 Å². The maximum Gasteiger partial charge on any atom is 0.255 e. The number of rotatable bonds is 10. The molecule has 4 aromatic rings. The van der Waals surface area contributed by atoms with E-state index in [0.29, 0.717) is 71.2 Å². The van der Waals surface area contributed by atoms with Crippen LogP contribution in [0.15, 0.2) is 78.9 Å². The van der Waals surface area contributed by atoms with E-state index in [9.17, 15) is 22.0 Å². The predicted octanol–water partition coefficient (Wildman–Crippen LogP) is 6.27. The van der Waals surface area contributed by atoms with Crippen molar-refractivity contribution in [2.45, 2.75) is 25.0 Å². The Morgan fingerprint density at radius 2 is 1.62 bits per heavy atom. The lowest BCUT2D eigenvalue weighted by Gasteiger charge is -2.19. The molecule has 4 aromatic carbocycles. The Morgan fingerprint density at radius 1 is 0.872 bits per heavy atom. The van der Waals surface area contributed by atoms with Gasteiger partial charge in [0, 0.05) is 41.2 Å². The molecule has 2 heterocycles. The standard InChI is InChI=1S/C34H33ClF2N4O5S/c1-47(43,44)40-25-4-2-3-21(15-25)29-18-24(7-10-33(29)45-26-11-13-38-19-26)39-34(42)23-6-9-32(46-27-12-14-41(35)20-27)28(16-23)22-5-8-30(36)31(37)17-22/h2-10,15-18,26-27,38,40H,11-14,19-20H2,1H3,(H,39,42)/t26-,27-/m0/s1. The van der Waals surface area contributed by atoms with Crippen LogP contribution in [0.25, 0.3) is 22.3 Å². The molecule has 2 fully saturated rings. The topological polar surface area (TPSA) is 109 Å². The number of carbonyl (C=O) groups excluding carboxylic acids is 1. The second kappa shape index (κ2) is 13.9. The number of nitrogens with one attached hydrogen (secondary N) is 3. The molecule has 1 amide bonds. The normalized spacial score (nSPS) is 18.2. The molecule has 0 unspecified atom stereocenters. The van der Waals surface area contributed by atoms with Crippen molar-refractivity contribution in [1.29, 1.82) is 0 Å². The van der Waals surface area contributed by atoms with Crippen molar-refractivity contribution in [3.05, 3.63) is 96.1 Å². The van der Waals surface area contributed by atoms with Gasteiger partial charge >= 0.3 is 0 Å². The Morgan fingerprint density at radius 3 is 2.32 bits per heavy atom. The van der Waals surface area contributed by atoms with Gasteiger partial charge in [-0.3, -0.25) is 9.52 Å². The lowest BCUT2D eigenvalue weighted by Crippen LogP contribution is -2.20. The third-order valence-corrected chi connectivity index (χ3v) is 8.80. The zero-order chi connectivity index (χ0) is 33.1. The average Bonchev–Trinajstić information content (AvgIpc) is 3.70. The lowest BCUT2D eigenvalue weighted by molar-refractivity contribution is 0.102. The number of nitrogens with zero attached hydrogens (tertiary/aromatic N) is 1. The summed E-state index contributed by atoms with van der Waals surface area (Å²) in [6.07, 6.45) is 2.35. The molecule has 2 aliphatic rings. The van der Waals surface area contributed by atoms with E-state index in [0.717, 1.165) is 31.4 Å². The molecule has 9 nitrogen and oxygen atoms in total. The molecule has 3 N–H and O–H groups in total. The summed E-state index contributed by atoms with van der Waals surface area (Å²) in [4.78, 5) is 13.6. The first-order valence-corrected chi connectivity index (χ1v) is 17.3. The number of anilines is 2. The smallest absolute Gasteiger partial charge is 0.255 e. The summed E-state index contributed by atoms with van der Waals surface area (Å²) in [6, 6.07) is 20.5. The summed E-state index contributed by atoms with van der Waals surface area (Å²) >= 11 is 6.12. The Balaban J connectivity index is 1.31. The molecule has 0 aromatic heterocycles. The lowest BCUT2D eigenvalue weighted by atomic mass is 10.0. The molecule has 13 heteroatoms. The van der Waals surface area contributed by atoms with Gasteiger partial charge in [0.25, 0.3) is 5.91 Å². The van der Waals surface area contributed by atoms with Crippen molar-refractivity contribution < 1.29 is 31.5 Å². The van der Waals surface area contributed by atoms with E-state index in [4.69, 9.17) is 21.3 Å². The maximum atomic E-state index is 14.3. The first-order chi connectivity index (χ1) is 22.5. The molecule has 6 rings (SSSR count). The molecule has 246 valence electrons. The molecule has 2 saturated heterocycles. The van der Waals surface area contributed by atoms with Gasteiger partial charge < -0.3 is 20.1 Å². The van der Waals surface area contributed by atoms with Crippen LogP contribution in [0.1, 0.15) is 23.2 Å². The fraction of sp³-hybridized carbons (Fsp3) is 0.265. The molecule has 0 spiro atoms. The van der Waals surface area contributed by atoms with Crippen LogP contribution in [-0.4, -0.2) is 63.4 Å². The highest BCUT2D eigenvalue weighted by Crippen LogP contribution is 2.37. The van der Waals surface area contributed by atoms with E-state index < -0.39 is 27.6 Å². The van der Waals surface area contributed by atoms with Gasteiger partial charge in [-0.25, -0.2) is 21.6 Å². The van der Waals surface area contributed by atoms with Gasteiger partial charge in [-0.2, -0.15) is 0 Å². The van der Waals surface area contributed by atoms with Gasteiger partial charge in [-0.05, 0) is 103 Å². The molecular formula is C34H33ClF2N4O5S. The minimum Gasteiger partial charge on any atom is -0.488 e. The van der Waals surface area contributed by atoms with Crippen molar-refractivity contribution in [1.82, 2.24) is 9.74 Å². The van der Waals surface area contributed by atoms with Crippen LogP contribution in [0, 0.1) is 11.6 Å². The van der Waals surface area contributed by atoms with E-state index in [-0.39, 0.29) is 17.8 Å². The molecule has 0 saturated carbocycles. The predicted molar refractivity (Wildman–Crippen MR) is 178 cm³/mol. The van der Waals surface area contributed by atoms with Crippen LogP contribution in [0.3, 0.4) is 0 Å². The number of hydrogen-bond donors (Lipinski definition) is 3. The third kappa shape index (κ3) is 8.20. The monoisotopic (exact) mass is 682 g/mol. The molecule has 2 aliphatic heterocycles. The highest BCUT2D eigenvalue weighted by molar-refractivity contribution is 7.92. The van der Waals surface area contributed by atoms with Gasteiger partial charge in [-0.15, -0.1) is 0 Å². The summed E-state index contributed by atoms with van der Waals surface area (Å²) in [5, 5.41) is 6.20. The first-order valence-electron chi connectivity index (χ1n) is 15.1. The van der Waals surface area contributed by atoms with Crippen molar-refractivity contribution in [2.75, 3.05) is 42.5 Å². The molecule has 2 atom stereocenters. The maximum absolute atomic E-state index is 14.3. The zero-order valence-electron chi connectivity index (χ0n) is 25.4. The summed E-state index contributed by atoms with van der Waals surface area (Å²) in [5.41, 5.74) is 3.22. The number of halogens is 3. The van der Waals surface area contributed by atoms with Gasteiger partial charge in [0.2, 0.25) is 10.0 Å². The fourth-order valence-electron chi connectivity index (χ4n) is 5.64. The summed E-state index contributed by atoms with van der Waals surface area (Å²) in [7, 11) is -3.50. The number of benzene rings is 4. The number of hydrogen-bond acceptors (Lipinski definition) is 7. The van der Waals surface area contributed by atoms with Crippen molar-refractivity contribution >= 4 is 39.1 Å². The third-order valence-electron chi connectivity index (χ3n) is 7.88. The zero-order valence-corrected chi connectivity index (χ0v) is 27.0. The van der Waals surface area contributed by atoms with Gasteiger partial charge in [0.1, 0.15) is 23.7 Å². The SMILES string of the molecule is CS(=O)(=O)Nc1cccc(-c2cc(NC(=O)c3ccc(O[C@H]4CCN(Cl)C4)c(-c4ccc(F)c(F)c4)c3)ccc2O[C@H]2CCNC2)c1. The molecule has 0 bridgehead atoms. The van der Waals surface area contributed by atoms with Crippen LogP contribution >= 0.6 is 11.8 Å². The quantitative estimate of drug-likeness (QED) is 0.169. The van der Waals surface area contributed by atoms with E-state index in [1.165, 1.54) is 6.07 Å². The highest BCUT2D eigenvalue weighted by Gasteiger charge is 2.25. The van der Waals surface area contributed by atoms with Crippen molar-refractivity contribution in [3.8, 4) is 33.8 Å². The Labute approximate surface area is 277 Å². The van der Waals surface area contributed by atoms with E-state index in [2.05, 4.69) is 15.4 Å². The Hall–Kier alpha value is -4.23. The van der Waals surface area contributed by atoms with E-state index >= 15 is 0 Å². The van der Waals surface area contributed by atoms with Crippen LogP contribution < -0.4 is 24.8 Å². The van der Waals surface area contributed by atoms with E-state index in [1.54, 1.807) is 59.0 Å². The summed E-state index contributed by atoms with van der Waals surface area (Å²) in [6.45, 7) is 2.67. The van der Waals surface area contributed by atoms with E-state index in [1.807, 2.05) is 6.07 Å². The number of ether oxygens (including phenoxy) is 2. The minimum atomic E-state index is -3.50. The van der Waals surface area contributed by atoms with Crippen molar-refractivity contribution in [3.63, 3.8) is 0 Å². The van der Waals surface area contributed by atoms with Crippen molar-refractivity contribution in [2.24, 2.45) is 0 Å². The average molecular weight is 683 g/mol. The van der Waals surface area contributed by atoms with Gasteiger partial charge in [0.15, 0.2) is 11.6 Å². The Bertz CT molecular complexity index is 1910. The molecule has 0 aliphatic carbocycles. The second-order valence-electron chi connectivity index (χ2n) is 11.6. The van der Waals surface area contributed by atoms with Crippen LogP contribution in [0.2, 0.25) is 0 Å². The summed E-state index contributed by atoms with van der Waals surface area (Å²) in [5.74, 6) is -1.45. The Kier molecular flexibility index (Phi) is 9.65. The molecule has 0 radical (unpaired) electrons. The van der Waals surface area contributed by atoms with Crippen LogP contribution in [-0.2, 0) is 10.0 Å². The highest BCUT2D eigenvalue weighted by atomic mass is 35.5. The summed E-state index contributed by atoms with van der Waals surface area (Å²) < 4.78 is 68.4. The largest absolute Gasteiger partial charge is 0.488 e.